The van der Waals surface area contributed by atoms with Crippen molar-refractivity contribution in [1.29, 1.82) is 0 Å². The fraction of sp³-hybridized carbons (Fsp3) is 0.444. The molecule has 6 heteroatoms. The molecule has 3 N–H and O–H groups in total. The molecule has 2 heterocycles. The van der Waals surface area contributed by atoms with Crippen molar-refractivity contribution in [3.05, 3.63) is 30.2 Å². The minimum atomic E-state index is 0.343. The summed E-state index contributed by atoms with van der Waals surface area (Å²) in [6.07, 6.45) is 8.54. The molecule has 1 aromatic heterocycles. The van der Waals surface area contributed by atoms with Crippen molar-refractivity contribution in [1.82, 2.24) is 9.97 Å². The van der Waals surface area contributed by atoms with Gasteiger partial charge in [-0.2, -0.15) is 0 Å². The third kappa shape index (κ3) is 2.67. The Kier molecular flexibility index (Phi) is 3.98. The number of aryl methyl sites for hydroxylation is 1. The Bertz CT molecular complexity index is 742. The molecule has 2 aromatic rings. The van der Waals surface area contributed by atoms with E-state index in [0.29, 0.717) is 19.2 Å². The number of nitrogens with two attached hydrogens (primary N) is 1. The van der Waals surface area contributed by atoms with Crippen LogP contribution in [0.1, 0.15) is 31.2 Å². The largest absolute Gasteiger partial charge is 0.490 e. The molecular weight excluding hydrogens is 302 g/mol. The molecular formula is C18H23N5O. The molecule has 1 fully saturated rings. The zero-order chi connectivity index (χ0) is 16.5. The molecule has 0 amide bonds. The molecule has 24 heavy (non-hydrogen) atoms. The third-order valence-corrected chi connectivity index (χ3v) is 4.75. The van der Waals surface area contributed by atoms with Gasteiger partial charge in [-0.1, -0.05) is 0 Å². The normalized spacial score (nSPS) is 16.5. The maximum atomic E-state index is 6.27. The molecule has 1 saturated carbocycles. The van der Waals surface area contributed by atoms with E-state index in [4.69, 9.17) is 10.5 Å². The van der Waals surface area contributed by atoms with Gasteiger partial charge in [-0.05, 0) is 44.2 Å². The van der Waals surface area contributed by atoms with Gasteiger partial charge in [0, 0.05) is 19.2 Å². The van der Waals surface area contributed by atoms with Gasteiger partial charge in [0.1, 0.15) is 17.8 Å². The van der Waals surface area contributed by atoms with E-state index in [1.807, 2.05) is 0 Å². The van der Waals surface area contributed by atoms with Crippen molar-refractivity contribution >= 4 is 22.9 Å². The van der Waals surface area contributed by atoms with Crippen LogP contribution >= 0.6 is 0 Å². The number of fused-ring (bicyclic) bond motifs is 2. The number of ether oxygens (including phenoxy) is 1. The van der Waals surface area contributed by atoms with E-state index in [-0.39, 0.29) is 0 Å². The van der Waals surface area contributed by atoms with Crippen molar-refractivity contribution in [2.24, 2.45) is 5.73 Å². The number of rotatable bonds is 4. The van der Waals surface area contributed by atoms with E-state index in [1.165, 1.54) is 12.8 Å². The fourth-order valence-corrected chi connectivity index (χ4v) is 3.55. The Morgan fingerprint density at radius 2 is 2.12 bits per heavy atom. The van der Waals surface area contributed by atoms with Crippen LogP contribution < -0.4 is 20.7 Å². The highest BCUT2D eigenvalue weighted by Crippen LogP contribution is 2.44. The molecule has 2 aliphatic rings. The molecule has 0 atom stereocenters. The number of hydrogen-bond acceptors (Lipinski definition) is 6. The molecule has 0 unspecified atom stereocenters. The molecule has 0 radical (unpaired) electrons. The Morgan fingerprint density at radius 1 is 1.29 bits per heavy atom. The van der Waals surface area contributed by atoms with Gasteiger partial charge in [-0.25, -0.2) is 9.97 Å². The summed E-state index contributed by atoms with van der Waals surface area (Å²) in [6.45, 7) is 3.34. The Hall–Kier alpha value is -2.34. The lowest BCUT2D eigenvalue weighted by Crippen LogP contribution is -2.29. The van der Waals surface area contributed by atoms with Gasteiger partial charge >= 0.3 is 0 Å². The van der Waals surface area contributed by atoms with E-state index >= 15 is 0 Å². The van der Waals surface area contributed by atoms with Gasteiger partial charge in [0.05, 0.1) is 23.7 Å². The molecule has 126 valence electrons. The predicted octanol–water partition coefficient (Wildman–Crippen LogP) is 3.26. The van der Waals surface area contributed by atoms with Crippen LogP contribution in [0.15, 0.2) is 24.7 Å². The van der Waals surface area contributed by atoms with E-state index in [0.717, 1.165) is 47.0 Å². The standard InChI is InChI=1S/C18H23N5O/c1-12-8-14-16(9-17(12)24-13-4-2-3-5-13)23(7-6-19)18-15(22-14)10-20-11-21-18/h8-11,13,22H,2-7,19H2,1H3. The van der Waals surface area contributed by atoms with Gasteiger partial charge in [0.25, 0.3) is 0 Å². The van der Waals surface area contributed by atoms with Gasteiger partial charge in [-0.3, -0.25) is 0 Å². The number of nitrogens with zero attached hydrogens (tertiary/aromatic N) is 3. The van der Waals surface area contributed by atoms with Crippen LogP contribution in [-0.4, -0.2) is 29.2 Å². The molecule has 0 spiro atoms. The first-order valence-electron chi connectivity index (χ1n) is 8.62. The Morgan fingerprint density at radius 3 is 2.92 bits per heavy atom. The number of aromatic nitrogens is 2. The maximum Gasteiger partial charge on any atom is 0.160 e. The fourth-order valence-electron chi connectivity index (χ4n) is 3.55. The Balaban J connectivity index is 1.73. The molecule has 4 rings (SSSR count). The average Bonchev–Trinajstić information content (AvgIpc) is 3.09. The van der Waals surface area contributed by atoms with Crippen LogP contribution in [0.3, 0.4) is 0 Å². The van der Waals surface area contributed by atoms with Crippen LogP contribution in [0.25, 0.3) is 0 Å². The van der Waals surface area contributed by atoms with E-state index < -0.39 is 0 Å². The average molecular weight is 325 g/mol. The highest BCUT2D eigenvalue weighted by atomic mass is 16.5. The summed E-state index contributed by atoms with van der Waals surface area (Å²) < 4.78 is 6.27. The quantitative estimate of drug-likeness (QED) is 0.898. The van der Waals surface area contributed by atoms with Crippen LogP contribution in [0.5, 0.6) is 5.75 Å². The second-order valence-corrected chi connectivity index (χ2v) is 6.48. The lowest BCUT2D eigenvalue weighted by atomic mass is 10.1. The second-order valence-electron chi connectivity index (χ2n) is 6.48. The van der Waals surface area contributed by atoms with Crippen LogP contribution in [-0.2, 0) is 0 Å². The summed E-state index contributed by atoms with van der Waals surface area (Å²) >= 11 is 0. The summed E-state index contributed by atoms with van der Waals surface area (Å²) in [4.78, 5) is 10.7. The summed E-state index contributed by atoms with van der Waals surface area (Å²) in [6, 6.07) is 4.26. The van der Waals surface area contributed by atoms with Crippen LogP contribution in [0.4, 0.5) is 22.9 Å². The second kappa shape index (κ2) is 6.28. The summed E-state index contributed by atoms with van der Waals surface area (Å²) in [5.74, 6) is 1.82. The first kappa shape index (κ1) is 15.2. The number of hydrogen-bond donors (Lipinski definition) is 2. The zero-order valence-corrected chi connectivity index (χ0v) is 14.0. The highest BCUT2D eigenvalue weighted by molar-refractivity contribution is 5.90. The first-order chi connectivity index (χ1) is 11.8. The van der Waals surface area contributed by atoms with E-state index in [9.17, 15) is 0 Å². The van der Waals surface area contributed by atoms with Crippen molar-refractivity contribution in [3.8, 4) is 5.75 Å². The topological polar surface area (TPSA) is 76.3 Å². The first-order valence-corrected chi connectivity index (χ1v) is 8.62. The van der Waals surface area contributed by atoms with Crippen molar-refractivity contribution in [3.63, 3.8) is 0 Å². The lowest BCUT2D eigenvalue weighted by Gasteiger charge is -2.33. The van der Waals surface area contributed by atoms with Gasteiger partial charge < -0.3 is 20.7 Å². The number of nitrogens with one attached hydrogen (secondary N) is 1. The van der Waals surface area contributed by atoms with Crippen molar-refractivity contribution in [2.45, 2.75) is 38.7 Å². The monoisotopic (exact) mass is 325 g/mol. The summed E-state index contributed by atoms with van der Waals surface area (Å²) in [5, 5.41) is 3.43. The molecule has 1 aliphatic carbocycles. The third-order valence-electron chi connectivity index (χ3n) is 4.75. The number of anilines is 4. The summed E-state index contributed by atoms with van der Waals surface area (Å²) in [7, 11) is 0. The summed E-state index contributed by atoms with van der Waals surface area (Å²) in [5.41, 5.74) is 9.99. The van der Waals surface area contributed by atoms with E-state index in [2.05, 4.69) is 39.2 Å². The Labute approximate surface area is 142 Å². The van der Waals surface area contributed by atoms with E-state index in [1.54, 1.807) is 12.5 Å². The van der Waals surface area contributed by atoms with Gasteiger partial charge in [-0.15, -0.1) is 0 Å². The number of benzene rings is 1. The van der Waals surface area contributed by atoms with Crippen LogP contribution in [0.2, 0.25) is 0 Å². The molecule has 0 saturated heterocycles. The van der Waals surface area contributed by atoms with Crippen molar-refractivity contribution in [2.75, 3.05) is 23.3 Å². The minimum absolute atomic E-state index is 0.343. The molecule has 1 aliphatic heterocycles. The predicted molar refractivity (Wildman–Crippen MR) is 95.4 cm³/mol. The lowest BCUT2D eigenvalue weighted by molar-refractivity contribution is 0.208. The highest BCUT2D eigenvalue weighted by Gasteiger charge is 2.26. The van der Waals surface area contributed by atoms with Gasteiger partial charge in [0.15, 0.2) is 5.82 Å². The van der Waals surface area contributed by atoms with Gasteiger partial charge in [0.2, 0.25) is 0 Å². The molecule has 0 bridgehead atoms. The maximum absolute atomic E-state index is 6.27. The SMILES string of the molecule is Cc1cc2c(cc1OC1CCCC1)N(CCN)c1ncncc1N2. The minimum Gasteiger partial charge on any atom is -0.490 e. The smallest absolute Gasteiger partial charge is 0.160 e. The molecule has 6 nitrogen and oxygen atoms in total. The molecule has 1 aromatic carbocycles. The van der Waals surface area contributed by atoms with Crippen LogP contribution in [0, 0.1) is 6.92 Å². The van der Waals surface area contributed by atoms with Crippen molar-refractivity contribution < 1.29 is 4.74 Å². The zero-order valence-electron chi connectivity index (χ0n) is 14.0.